The summed E-state index contributed by atoms with van der Waals surface area (Å²) < 4.78 is 27.5. The number of likely N-dealkylation sites (tertiary alicyclic amines) is 1. The molecule has 0 N–H and O–H groups in total. The van der Waals surface area contributed by atoms with Gasteiger partial charge in [0.15, 0.2) is 0 Å². The lowest BCUT2D eigenvalue weighted by Crippen LogP contribution is -2.24. The van der Waals surface area contributed by atoms with E-state index in [1.165, 1.54) is 16.4 Å². The van der Waals surface area contributed by atoms with Crippen molar-refractivity contribution in [1.82, 2.24) is 19.0 Å². The normalized spacial score (nSPS) is 19.2. The van der Waals surface area contributed by atoms with Crippen molar-refractivity contribution in [3.05, 3.63) is 47.8 Å². The molecule has 1 fully saturated rings. The second-order valence-corrected chi connectivity index (χ2v) is 8.59. The first kappa shape index (κ1) is 17.1. The smallest absolute Gasteiger partial charge is 0.242 e. The maximum absolute atomic E-state index is 12.1. The fourth-order valence-electron chi connectivity index (χ4n) is 3.27. The van der Waals surface area contributed by atoms with Crippen molar-refractivity contribution in [1.29, 1.82) is 0 Å². The molecule has 1 saturated heterocycles. The molecule has 0 saturated carbocycles. The van der Waals surface area contributed by atoms with Gasteiger partial charge in [0, 0.05) is 33.9 Å². The van der Waals surface area contributed by atoms with Crippen LogP contribution in [0.25, 0.3) is 0 Å². The third kappa shape index (κ3) is 3.24. The van der Waals surface area contributed by atoms with E-state index >= 15 is 0 Å². The molecule has 0 bridgehead atoms. The van der Waals surface area contributed by atoms with E-state index < -0.39 is 10.0 Å². The lowest BCUT2D eigenvalue weighted by molar-refractivity contribution is 0.239. The van der Waals surface area contributed by atoms with Crippen molar-refractivity contribution in [3.8, 4) is 0 Å². The predicted octanol–water partition coefficient (Wildman–Crippen LogP) is 2.01. The van der Waals surface area contributed by atoms with Crippen molar-refractivity contribution in [2.45, 2.75) is 30.3 Å². The zero-order chi connectivity index (χ0) is 17.3. The Balaban J connectivity index is 1.75. The van der Waals surface area contributed by atoms with E-state index in [1.54, 1.807) is 26.2 Å². The van der Waals surface area contributed by atoms with Crippen molar-refractivity contribution < 1.29 is 8.42 Å². The van der Waals surface area contributed by atoms with Gasteiger partial charge in [-0.15, -0.1) is 0 Å². The maximum atomic E-state index is 12.1. The third-order valence-corrected chi connectivity index (χ3v) is 6.48. The largest absolute Gasteiger partial charge is 0.291 e. The highest BCUT2D eigenvalue weighted by Crippen LogP contribution is 2.32. The van der Waals surface area contributed by atoms with Crippen LogP contribution in [0.5, 0.6) is 0 Å². The SMILES string of the molecule is CN(C)S(=O)(=O)c1ccc(CN2CCCC2c2ccnn2C)cc1. The van der Waals surface area contributed by atoms with Crippen LogP contribution < -0.4 is 0 Å². The number of nitrogens with zero attached hydrogens (tertiary/aromatic N) is 4. The van der Waals surface area contributed by atoms with E-state index in [0.717, 1.165) is 25.1 Å². The number of benzene rings is 1. The van der Waals surface area contributed by atoms with Gasteiger partial charge in [-0.3, -0.25) is 9.58 Å². The highest BCUT2D eigenvalue weighted by molar-refractivity contribution is 7.89. The van der Waals surface area contributed by atoms with E-state index in [1.807, 2.05) is 30.1 Å². The van der Waals surface area contributed by atoms with Gasteiger partial charge >= 0.3 is 0 Å². The summed E-state index contributed by atoms with van der Waals surface area (Å²) in [6.07, 6.45) is 4.14. The minimum Gasteiger partial charge on any atom is -0.291 e. The first-order chi connectivity index (χ1) is 11.4. The van der Waals surface area contributed by atoms with E-state index in [2.05, 4.69) is 16.1 Å². The molecule has 3 rings (SSSR count). The molecule has 2 aromatic rings. The zero-order valence-corrected chi connectivity index (χ0v) is 15.2. The molecule has 130 valence electrons. The molecule has 1 atom stereocenters. The third-order valence-electron chi connectivity index (χ3n) is 4.65. The molecule has 24 heavy (non-hydrogen) atoms. The van der Waals surface area contributed by atoms with Gasteiger partial charge in [0.1, 0.15) is 0 Å². The Bertz CT molecular complexity index is 796. The van der Waals surface area contributed by atoms with Gasteiger partial charge in [0.2, 0.25) is 10.0 Å². The Kier molecular flexibility index (Phi) is 4.76. The molecule has 0 radical (unpaired) electrons. The molecule has 6 nitrogen and oxygen atoms in total. The average molecular weight is 348 g/mol. The molecule has 1 unspecified atom stereocenters. The second kappa shape index (κ2) is 6.66. The second-order valence-electron chi connectivity index (χ2n) is 6.44. The van der Waals surface area contributed by atoms with Gasteiger partial charge in [-0.1, -0.05) is 12.1 Å². The van der Waals surface area contributed by atoms with Crippen LogP contribution in [0.15, 0.2) is 41.4 Å². The van der Waals surface area contributed by atoms with E-state index in [0.29, 0.717) is 10.9 Å². The van der Waals surface area contributed by atoms with Crippen molar-refractivity contribution >= 4 is 10.0 Å². The molecule has 1 aliphatic rings. The highest BCUT2D eigenvalue weighted by Gasteiger charge is 2.28. The predicted molar refractivity (Wildman–Crippen MR) is 92.9 cm³/mol. The number of rotatable bonds is 5. The fourth-order valence-corrected chi connectivity index (χ4v) is 4.18. The first-order valence-corrected chi connectivity index (χ1v) is 9.57. The molecular weight excluding hydrogens is 324 g/mol. The van der Waals surface area contributed by atoms with Crippen LogP contribution >= 0.6 is 0 Å². The molecule has 0 amide bonds. The minimum atomic E-state index is -3.36. The highest BCUT2D eigenvalue weighted by atomic mass is 32.2. The van der Waals surface area contributed by atoms with Crippen LogP contribution in [-0.2, 0) is 23.6 Å². The van der Waals surface area contributed by atoms with E-state index in [4.69, 9.17) is 0 Å². The van der Waals surface area contributed by atoms with Crippen molar-refractivity contribution in [3.63, 3.8) is 0 Å². The number of aryl methyl sites for hydroxylation is 1. The number of sulfonamides is 1. The average Bonchev–Trinajstić information content (AvgIpc) is 3.16. The van der Waals surface area contributed by atoms with Gasteiger partial charge in [0.25, 0.3) is 0 Å². The summed E-state index contributed by atoms with van der Waals surface area (Å²) in [6, 6.07) is 9.67. The molecule has 1 aliphatic heterocycles. The van der Waals surface area contributed by atoms with Gasteiger partial charge in [0.05, 0.1) is 16.6 Å². The Labute approximate surface area is 143 Å². The summed E-state index contributed by atoms with van der Waals surface area (Å²) in [7, 11) is 1.71. The van der Waals surface area contributed by atoms with Crippen LogP contribution in [0.1, 0.15) is 30.1 Å². The van der Waals surface area contributed by atoms with E-state index in [-0.39, 0.29) is 0 Å². The standard InChI is InChI=1S/C17H24N4O2S/c1-19(2)24(22,23)15-8-6-14(7-9-15)13-21-12-4-5-17(21)16-10-11-18-20(16)3/h6-11,17H,4-5,12-13H2,1-3H3. The molecule has 7 heteroatoms. The summed E-state index contributed by atoms with van der Waals surface area (Å²) in [5.41, 5.74) is 2.36. The lowest BCUT2D eigenvalue weighted by atomic mass is 10.1. The number of hydrogen-bond acceptors (Lipinski definition) is 4. The monoisotopic (exact) mass is 348 g/mol. The number of aromatic nitrogens is 2. The maximum Gasteiger partial charge on any atom is 0.242 e. The molecule has 0 aliphatic carbocycles. The number of hydrogen-bond donors (Lipinski definition) is 0. The van der Waals surface area contributed by atoms with Gasteiger partial charge in [-0.05, 0) is 43.1 Å². The topological polar surface area (TPSA) is 58.4 Å². The summed E-state index contributed by atoms with van der Waals surface area (Å²) >= 11 is 0. The minimum absolute atomic E-state index is 0.334. The molecular formula is C17H24N4O2S. The molecule has 0 spiro atoms. The van der Waals surface area contributed by atoms with Gasteiger partial charge < -0.3 is 0 Å². The Hall–Kier alpha value is -1.70. The Morgan fingerprint density at radius 3 is 2.50 bits per heavy atom. The van der Waals surface area contributed by atoms with Crippen molar-refractivity contribution in [2.24, 2.45) is 7.05 Å². The quantitative estimate of drug-likeness (QED) is 0.829. The van der Waals surface area contributed by atoms with Crippen LogP contribution in [-0.4, -0.2) is 48.0 Å². The summed E-state index contributed by atoms with van der Waals surface area (Å²) in [5, 5.41) is 4.28. The summed E-state index contributed by atoms with van der Waals surface area (Å²) in [5.74, 6) is 0. The van der Waals surface area contributed by atoms with Crippen LogP contribution in [0.3, 0.4) is 0 Å². The summed E-state index contributed by atoms with van der Waals surface area (Å²) in [4.78, 5) is 2.77. The van der Waals surface area contributed by atoms with Crippen LogP contribution in [0, 0.1) is 0 Å². The van der Waals surface area contributed by atoms with Crippen LogP contribution in [0.4, 0.5) is 0 Å². The van der Waals surface area contributed by atoms with Crippen LogP contribution in [0.2, 0.25) is 0 Å². The molecule has 1 aromatic heterocycles. The summed E-state index contributed by atoms with van der Waals surface area (Å²) in [6.45, 7) is 1.87. The van der Waals surface area contributed by atoms with Crippen molar-refractivity contribution in [2.75, 3.05) is 20.6 Å². The van der Waals surface area contributed by atoms with Gasteiger partial charge in [-0.25, -0.2) is 12.7 Å². The molecule has 2 heterocycles. The lowest BCUT2D eigenvalue weighted by Gasteiger charge is -2.24. The molecule has 1 aromatic carbocycles. The Morgan fingerprint density at radius 2 is 1.92 bits per heavy atom. The fraction of sp³-hybridized carbons (Fsp3) is 0.471. The van der Waals surface area contributed by atoms with Gasteiger partial charge in [-0.2, -0.15) is 5.10 Å². The first-order valence-electron chi connectivity index (χ1n) is 8.13. The zero-order valence-electron chi connectivity index (χ0n) is 14.4. The van der Waals surface area contributed by atoms with E-state index in [9.17, 15) is 8.42 Å². The Morgan fingerprint density at radius 1 is 1.21 bits per heavy atom.